The number of para-hydroxylation sites is 1. The topological polar surface area (TPSA) is 123 Å². The minimum atomic E-state index is -3.88. The molecule has 2 rings (SSSR count). The van der Waals surface area contributed by atoms with Crippen LogP contribution in [0.4, 0.5) is 5.69 Å². The first kappa shape index (κ1) is 14.1. The van der Waals surface area contributed by atoms with Crippen molar-refractivity contribution in [3.05, 3.63) is 47.7 Å². The molecule has 20 heavy (non-hydrogen) atoms. The van der Waals surface area contributed by atoms with Crippen LogP contribution in [0.5, 0.6) is 0 Å². The van der Waals surface area contributed by atoms with Crippen LogP contribution in [0.1, 0.15) is 16.1 Å². The summed E-state index contributed by atoms with van der Waals surface area (Å²) in [6.45, 7) is 0.139. The molecule has 1 aromatic heterocycles. The lowest BCUT2D eigenvalue weighted by molar-refractivity contribution is 0.0698. The maximum atomic E-state index is 11.0. The van der Waals surface area contributed by atoms with E-state index in [1.54, 1.807) is 18.2 Å². The molecule has 0 atom stereocenters. The summed E-state index contributed by atoms with van der Waals surface area (Å²) in [4.78, 5) is 11.0. The quantitative estimate of drug-likeness (QED) is 0.762. The van der Waals surface area contributed by atoms with Crippen LogP contribution in [0.2, 0.25) is 0 Å². The molecular formula is C12H12N2O5S. The molecule has 0 bridgehead atoms. The van der Waals surface area contributed by atoms with E-state index < -0.39 is 16.0 Å². The molecule has 7 nitrogen and oxygen atoms in total. The SMILES string of the molecule is NS(=O)(=O)c1ccc(CNc2ccccc2C(=O)O)o1. The van der Waals surface area contributed by atoms with Crippen LogP contribution in [-0.2, 0) is 16.6 Å². The van der Waals surface area contributed by atoms with Crippen LogP contribution in [0.15, 0.2) is 45.9 Å². The molecule has 0 radical (unpaired) electrons. The van der Waals surface area contributed by atoms with E-state index in [2.05, 4.69) is 5.32 Å². The lowest BCUT2D eigenvalue weighted by Gasteiger charge is -2.07. The van der Waals surface area contributed by atoms with Crippen molar-refractivity contribution >= 4 is 21.7 Å². The average Bonchev–Trinajstić information content (AvgIpc) is 2.85. The first-order chi connectivity index (χ1) is 9.38. The zero-order valence-electron chi connectivity index (χ0n) is 10.2. The van der Waals surface area contributed by atoms with E-state index in [1.807, 2.05) is 0 Å². The number of nitrogens with one attached hydrogen (secondary N) is 1. The van der Waals surface area contributed by atoms with Crippen molar-refractivity contribution in [1.29, 1.82) is 0 Å². The number of carboxylic acids is 1. The molecule has 0 amide bonds. The molecule has 0 saturated heterocycles. The predicted molar refractivity (Wildman–Crippen MR) is 70.8 cm³/mol. The third-order valence-corrected chi connectivity index (χ3v) is 3.31. The summed E-state index contributed by atoms with van der Waals surface area (Å²) >= 11 is 0. The Bertz CT molecular complexity index is 736. The third kappa shape index (κ3) is 3.16. The summed E-state index contributed by atoms with van der Waals surface area (Å²) in [6.07, 6.45) is 0. The highest BCUT2D eigenvalue weighted by atomic mass is 32.2. The molecule has 2 aromatic rings. The number of rotatable bonds is 5. The Balaban J connectivity index is 2.14. The molecular weight excluding hydrogens is 284 g/mol. The minimum absolute atomic E-state index is 0.116. The van der Waals surface area contributed by atoms with Crippen LogP contribution >= 0.6 is 0 Å². The van der Waals surface area contributed by atoms with Crippen molar-refractivity contribution in [3.63, 3.8) is 0 Å². The van der Waals surface area contributed by atoms with Gasteiger partial charge in [0.05, 0.1) is 12.1 Å². The van der Waals surface area contributed by atoms with Crippen molar-refractivity contribution in [2.75, 3.05) is 5.32 Å². The fourth-order valence-electron chi connectivity index (χ4n) is 1.61. The molecule has 1 aromatic carbocycles. The molecule has 4 N–H and O–H groups in total. The molecule has 0 fully saturated rings. The Morgan fingerprint density at radius 1 is 1.25 bits per heavy atom. The second-order valence-corrected chi connectivity index (χ2v) is 5.46. The number of hydrogen-bond donors (Lipinski definition) is 3. The summed E-state index contributed by atoms with van der Waals surface area (Å²) in [6, 6.07) is 9.06. The van der Waals surface area contributed by atoms with Crippen LogP contribution in [0.3, 0.4) is 0 Å². The summed E-state index contributed by atoms with van der Waals surface area (Å²) in [5.74, 6) is -0.730. The standard InChI is InChI=1S/C12H12N2O5S/c13-20(17,18)11-6-5-8(19-11)7-14-10-4-2-1-3-9(10)12(15)16/h1-6,14H,7H2,(H,15,16)(H2,13,17,18). The van der Waals surface area contributed by atoms with Gasteiger partial charge in [-0.3, -0.25) is 0 Å². The molecule has 0 spiro atoms. The maximum absolute atomic E-state index is 11.0. The number of carboxylic acid groups (broad SMARTS) is 1. The normalized spacial score (nSPS) is 11.2. The lowest BCUT2D eigenvalue weighted by Crippen LogP contribution is -2.11. The van der Waals surface area contributed by atoms with Crippen molar-refractivity contribution in [3.8, 4) is 0 Å². The van der Waals surface area contributed by atoms with E-state index in [1.165, 1.54) is 18.2 Å². The number of carbonyl (C=O) groups is 1. The second kappa shape index (κ2) is 5.35. The second-order valence-electron chi connectivity index (χ2n) is 3.97. The van der Waals surface area contributed by atoms with E-state index in [4.69, 9.17) is 14.7 Å². The molecule has 8 heteroatoms. The maximum Gasteiger partial charge on any atom is 0.337 e. The fourth-order valence-corrected chi connectivity index (χ4v) is 2.09. The highest BCUT2D eigenvalue weighted by Gasteiger charge is 2.14. The van der Waals surface area contributed by atoms with Crippen LogP contribution in [0.25, 0.3) is 0 Å². The number of aromatic carboxylic acids is 1. The van der Waals surface area contributed by atoms with Gasteiger partial charge in [0.25, 0.3) is 10.0 Å². The van der Waals surface area contributed by atoms with Gasteiger partial charge < -0.3 is 14.8 Å². The van der Waals surface area contributed by atoms with Gasteiger partial charge in [-0.15, -0.1) is 0 Å². The average molecular weight is 296 g/mol. The number of primary sulfonamides is 1. The zero-order chi connectivity index (χ0) is 14.8. The largest absolute Gasteiger partial charge is 0.478 e. The third-order valence-electron chi connectivity index (χ3n) is 2.53. The lowest BCUT2D eigenvalue weighted by atomic mass is 10.2. The van der Waals surface area contributed by atoms with Crippen molar-refractivity contribution in [2.45, 2.75) is 11.6 Å². The highest BCUT2D eigenvalue weighted by Crippen LogP contribution is 2.18. The Kier molecular flexibility index (Phi) is 3.77. The molecule has 0 aliphatic rings. The van der Waals surface area contributed by atoms with Crippen molar-refractivity contribution in [2.24, 2.45) is 5.14 Å². The van der Waals surface area contributed by atoms with Crippen LogP contribution in [0, 0.1) is 0 Å². The van der Waals surface area contributed by atoms with Gasteiger partial charge in [0.1, 0.15) is 5.76 Å². The van der Waals surface area contributed by atoms with Gasteiger partial charge in [-0.05, 0) is 24.3 Å². The summed E-state index contributed by atoms with van der Waals surface area (Å²) in [5.41, 5.74) is 0.527. The van der Waals surface area contributed by atoms with Gasteiger partial charge >= 0.3 is 5.97 Å². The molecule has 0 aliphatic heterocycles. The van der Waals surface area contributed by atoms with E-state index in [0.29, 0.717) is 11.4 Å². The van der Waals surface area contributed by atoms with E-state index in [-0.39, 0.29) is 17.2 Å². The highest BCUT2D eigenvalue weighted by molar-refractivity contribution is 7.89. The predicted octanol–water partition coefficient (Wildman–Crippen LogP) is 1.24. The first-order valence-corrected chi connectivity index (χ1v) is 7.10. The summed E-state index contributed by atoms with van der Waals surface area (Å²) in [7, 11) is -3.88. The Morgan fingerprint density at radius 2 is 1.95 bits per heavy atom. The van der Waals surface area contributed by atoms with Crippen molar-refractivity contribution < 1.29 is 22.7 Å². The Hall–Kier alpha value is -2.32. The molecule has 0 unspecified atom stereocenters. The van der Waals surface area contributed by atoms with Gasteiger partial charge in [0.2, 0.25) is 5.09 Å². The summed E-state index contributed by atoms with van der Waals surface area (Å²) in [5, 5.41) is 16.5. The molecule has 0 aliphatic carbocycles. The number of benzene rings is 1. The number of sulfonamides is 1. The number of anilines is 1. The van der Waals surface area contributed by atoms with Gasteiger partial charge in [-0.1, -0.05) is 12.1 Å². The number of hydrogen-bond acceptors (Lipinski definition) is 5. The van der Waals surface area contributed by atoms with E-state index in [9.17, 15) is 13.2 Å². The van der Waals surface area contributed by atoms with Crippen LogP contribution in [-0.4, -0.2) is 19.5 Å². The monoisotopic (exact) mass is 296 g/mol. The Labute approximate surface area is 115 Å². The molecule has 106 valence electrons. The number of nitrogens with two attached hydrogens (primary N) is 1. The minimum Gasteiger partial charge on any atom is -0.478 e. The number of furan rings is 1. The summed E-state index contributed by atoms with van der Waals surface area (Å²) < 4.78 is 27.1. The zero-order valence-corrected chi connectivity index (χ0v) is 11.1. The van der Waals surface area contributed by atoms with E-state index >= 15 is 0 Å². The van der Waals surface area contributed by atoms with Gasteiger partial charge in [-0.2, -0.15) is 0 Å². The molecule has 1 heterocycles. The first-order valence-electron chi connectivity index (χ1n) is 5.55. The van der Waals surface area contributed by atoms with Crippen molar-refractivity contribution in [1.82, 2.24) is 0 Å². The smallest absolute Gasteiger partial charge is 0.337 e. The fraction of sp³-hybridized carbons (Fsp3) is 0.0833. The van der Waals surface area contributed by atoms with Gasteiger partial charge in [-0.25, -0.2) is 18.4 Å². The Morgan fingerprint density at radius 3 is 2.55 bits per heavy atom. The van der Waals surface area contributed by atoms with Gasteiger partial charge in [0.15, 0.2) is 0 Å². The van der Waals surface area contributed by atoms with Gasteiger partial charge in [0, 0.05) is 5.69 Å². The molecule has 0 saturated carbocycles. The van der Waals surface area contributed by atoms with E-state index in [0.717, 1.165) is 0 Å². The van der Waals surface area contributed by atoms with Crippen LogP contribution < -0.4 is 10.5 Å².